The van der Waals surface area contributed by atoms with Gasteiger partial charge in [-0.25, -0.2) is 4.79 Å². The lowest BCUT2D eigenvalue weighted by molar-refractivity contribution is 0.143. The number of piperidine rings is 1. The second kappa shape index (κ2) is 7.07. The average molecular weight is 315 g/mol. The second-order valence-corrected chi connectivity index (χ2v) is 8.01. The topological polar surface area (TPSA) is 38.3 Å². The number of hydrogen-bond donors (Lipinski definition) is 1. The molecule has 1 N–H and O–H groups in total. The lowest BCUT2D eigenvalue weighted by Gasteiger charge is -2.37. The van der Waals surface area contributed by atoms with Gasteiger partial charge >= 0.3 is 0 Å². The van der Waals surface area contributed by atoms with Crippen LogP contribution < -0.4 is 5.32 Å². The summed E-state index contributed by atoms with van der Waals surface area (Å²) in [5.74, 6) is 4.29. The van der Waals surface area contributed by atoms with E-state index >= 15 is 0 Å². The highest BCUT2D eigenvalue weighted by Crippen LogP contribution is 2.41. The monoisotopic (exact) mass is 315 g/mol. The minimum Gasteiger partial charge on any atom is -0.493 e. The van der Waals surface area contributed by atoms with Gasteiger partial charge in [0.15, 0.2) is 0 Å². The number of ether oxygens (including phenoxy) is 1. The second-order valence-electron chi connectivity index (χ2n) is 8.01. The maximum atomic E-state index is 11.2. The molecule has 0 radical (unpaired) electrons. The zero-order valence-corrected chi connectivity index (χ0v) is 14.5. The van der Waals surface area contributed by atoms with E-state index in [0.29, 0.717) is 23.5 Å². The summed E-state index contributed by atoms with van der Waals surface area (Å²) < 4.78 is 5.89. The van der Waals surface area contributed by atoms with Crippen molar-refractivity contribution in [3.63, 3.8) is 0 Å². The van der Waals surface area contributed by atoms with Crippen molar-refractivity contribution in [3.05, 3.63) is 29.1 Å². The first-order chi connectivity index (χ1) is 11.1. The predicted octanol–water partition coefficient (Wildman–Crippen LogP) is 3.80. The third-order valence-corrected chi connectivity index (χ3v) is 5.42. The first kappa shape index (κ1) is 16.5. The van der Waals surface area contributed by atoms with Crippen LogP contribution >= 0.6 is 0 Å². The van der Waals surface area contributed by atoms with Crippen molar-refractivity contribution < 1.29 is 9.53 Å². The minimum atomic E-state index is 0.379. The SMILES string of the molecule is C[C@H]1CNC[C@@](C)(CCCOC2=CC=C(C3CC3)CC2=C=O)C1. The molecule has 3 rings (SSSR count). The van der Waals surface area contributed by atoms with Gasteiger partial charge in [-0.2, -0.15) is 0 Å². The highest BCUT2D eigenvalue weighted by molar-refractivity contribution is 5.62. The molecule has 0 unspecified atom stereocenters. The Hall–Kier alpha value is -1.31. The smallest absolute Gasteiger partial charge is 0.133 e. The summed E-state index contributed by atoms with van der Waals surface area (Å²) in [4.78, 5) is 11.2. The number of hydrogen-bond acceptors (Lipinski definition) is 3. The van der Waals surface area contributed by atoms with E-state index in [4.69, 9.17) is 4.74 Å². The molecule has 0 amide bonds. The van der Waals surface area contributed by atoms with E-state index in [0.717, 1.165) is 37.6 Å². The van der Waals surface area contributed by atoms with Crippen molar-refractivity contribution in [3.8, 4) is 0 Å². The van der Waals surface area contributed by atoms with Gasteiger partial charge in [0.1, 0.15) is 11.7 Å². The Labute approximate surface area is 139 Å². The molecule has 1 saturated heterocycles. The summed E-state index contributed by atoms with van der Waals surface area (Å²) in [6.45, 7) is 7.62. The molecule has 3 aliphatic rings. The maximum Gasteiger partial charge on any atom is 0.133 e. The zero-order chi connectivity index (χ0) is 16.3. The molecule has 126 valence electrons. The molecule has 0 spiro atoms. The van der Waals surface area contributed by atoms with Gasteiger partial charge in [-0.3, -0.25) is 0 Å². The molecular formula is C20H29NO2. The van der Waals surface area contributed by atoms with Crippen LogP contribution in [0, 0.1) is 17.3 Å². The summed E-state index contributed by atoms with van der Waals surface area (Å²) in [5, 5.41) is 3.54. The first-order valence-corrected chi connectivity index (χ1v) is 9.08. The Balaban J connectivity index is 1.47. The van der Waals surface area contributed by atoms with E-state index < -0.39 is 0 Å². The van der Waals surface area contributed by atoms with Crippen LogP contribution in [-0.2, 0) is 9.53 Å². The summed E-state index contributed by atoms with van der Waals surface area (Å²) in [5.41, 5.74) is 2.46. The lowest BCUT2D eigenvalue weighted by atomic mass is 9.75. The lowest BCUT2D eigenvalue weighted by Crippen LogP contribution is -2.42. The molecule has 2 fully saturated rings. The average Bonchev–Trinajstić information content (AvgIpc) is 3.36. The highest BCUT2D eigenvalue weighted by Gasteiger charge is 2.30. The molecule has 1 saturated carbocycles. The fraction of sp³-hybridized carbons (Fsp3) is 0.700. The third kappa shape index (κ3) is 4.37. The van der Waals surface area contributed by atoms with E-state index in [1.807, 2.05) is 6.08 Å². The Morgan fingerprint density at radius 1 is 1.39 bits per heavy atom. The van der Waals surface area contributed by atoms with Crippen molar-refractivity contribution >= 4 is 5.94 Å². The molecule has 2 aliphatic carbocycles. The molecule has 1 aliphatic heterocycles. The predicted molar refractivity (Wildman–Crippen MR) is 92.7 cm³/mol. The quantitative estimate of drug-likeness (QED) is 0.598. The van der Waals surface area contributed by atoms with E-state index in [2.05, 4.69) is 31.2 Å². The summed E-state index contributed by atoms with van der Waals surface area (Å²) in [6.07, 6.45) is 10.9. The van der Waals surface area contributed by atoms with E-state index in [1.165, 1.54) is 31.3 Å². The molecule has 0 aromatic carbocycles. The Morgan fingerprint density at radius 2 is 2.22 bits per heavy atom. The molecular weight excluding hydrogens is 286 g/mol. The van der Waals surface area contributed by atoms with Crippen molar-refractivity contribution in [2.24, 2.45) is 17.3 Å². The molecule has 3 heteroatoms. The molecule has 0 aromatic rings. The van der Waals surface area contributed by atoms with Crippen LogP contribution in [0.25, 0.3) is 0 Å². The van der Waals surface area contributed by atoms with Gasteiger partial charge in [-0.05, 0) is 62.0 Å². The van der Waals surface area contributed by atoms with Crippen LogP contribution in [0.3, 0.4) is 0 Å². The minimum absolute atomic E-state index is 0.379. The fourth-order valence-electron chi connectivity index (χ4n) is 4.07. The van der Waals surface area contributed by atoms with E-state index in [1.54, 1.807) is 0 Å². The zero-order valence-electron chi connectivity index (χ0n) is 14.5. The van der Waals surface area contributed by atoms with Gasteiger partial charge < -0.3 is 10.1 Å². The van der Waals surface area contributed by atoms with Crippen LogP contribution in [0.4, 0.5) is 0 Å². The summed E-state index contributed by atoms with van der Waals surface area (Å²) in [6, 6.07) is 0. The van der Waals surface area contributed by atoms with Gasteiger partial charge in [0.2, 0.25) is 0 Å². The van der Waals surface area contributed by atoms with E-state index in [9.17, 15) is 4.79 Å². The summed E-state index contributed by atoms with van der Waals surface area (Å²) in [7, 11) is 0. The van der Waals surface area contributed by atoms with Gasteiger partial charge in [0, 0.05) is 13.0 Å². The van der Waals surface area contributed by atoms with Crippen LogP contribution in [0.5, 0.6) is 0 Å². The van der Waals surface area contributed by atoms with Crippen molar-refractivity contribution in [2.75, 3.05) is 19.7 Å². The molecule has 0 bridgehead atoms. The first-order valence-electron chi connectivity index (χ1n) is 9.08. The Kier molecular flexibility index (Phi) is 5.08. The van der Waals surface area contributed by atoms with Crippen LogP contribution in [-0.4, -0.2) is 25.6 Å². The largest absolute Gasteiger partial charge is 0.493 e. The van der Waals surface area contributed by atoms with Crippen molar-refractivity contribution in [2.45, 2.75) is 52.4 Å². The normalized spacial score (nSPS) is 31.2. The highest BCUT2D eigenvalue weighted by atomic mass is 16.5. The molecule has 1 heterocycles. The maximum absolute atomic E-state index is 11.2. The van der Waals surface area contributed by atoms with Crippen molar-refractivity contribution in [1.82, 2.24) is 5.32 Å². The van der Waals surface area contributed by atoms with Crippen molar-refractivity contribution in [1.29, 1.82) is 0 Å². The van der Waals surface area contributed by atoms with Gasteiger partial charge in [-0.15, -0.1) is 0 Å². The molecule has 0 aromatic heterocycles. The van der Waals surface area contributed by atoms with Gasteiger partial charge in [-0.1, -0.05) is 25.5 Å². The number of carbonyl (C=O) groups excluding carboxylic acids is 1. The van der Waals surface area contributed by atoms with Gasteiger partial charge in [0.25, 0.3) is 0 Å². The van der Waals surface area contributed by atoms with Crippen LogP contribution in [0.2, 0.25) is 0 Å². The number of allylic oxidation sites excluding steroid dienone is 4. The Morgan fingerprint density at radius 3 is 2.91 bits per heavy atom. The Bertz CT molecular complexity index is 552. The standard InChI is InChI=1S/C20H29NO2/c1-15-11-20(2,14-21-12-15)8-3-9-23-19-7-6-17(16-4-5-16)10-18(19)13-22/h6-7,15-16,21H,3-5,8-12,14H2,1-2H3/t15-,20+/m1/s1. The van der Waals surface area contributed by atoms with Crippen LogP contribution in [0.1, 0.15) is 52.4 Å². The summed E-state index contributed by atoms with van der Waals surface area (Å²) >= 11 is 0. The number of rotatable bonds is 6. The van der Waals surface area contributed by atoms with Crippen LogP contribution in [0.15, 0.2) is 29.1 Å². The molecule has 2 atom stereocenters. The molecule has 23 heavy (non-hydrogen) atoms. The van der Waals surface area contributed by atoms with Gasteiger partial charge in [0.05, 0.1) is 12.2 Å². The van der Waals surface area contributed by atoms with E-state index in [-0.39, 0.29) is 0 Å². The number of nitrogens with one attached hydrogen (secondary N) is 1. The molecule has 3 nitrogen and oxygen atoms in total. The third-order valence-electron chi connectivity index (χ3n) is 5.42. The fourth-order valence-corrected chi connectivity index (χ4v) is 4.07.